The first kappa shape index (κ1) is 18.3. The van der Waals surface area contributed by atoms with Gasteiger partial charge in [-0.25, -0.2) is 0 Å². The summed E-state index contributed by atoms with van der Waals surface area (Å²) in [6.45, 7) is 5.31. The quantitative estimate of drug-likeness (QED) is 0.449. The first-order valence-corrected chi connectivity index (χ1v) is 9.81. The Balaban J connectivity index is 1.97. The molecule has 1 heterocycles. The summed E-state index contributed by atoms with van der Waals surface area (Å²) < 4.78 is 11.5. The minimum atomic E-state index is -2.92. The molecule has 128 valence electrons. The number of nitrogens with zero attached hydrogens (tertiary/aromatic N) is 1. The molecule has 0 spiro atoms. The average molecular weight is 342 g/mol. The lowest BCUT2D eigenvalue weighted by Gasteiger charge is -2.36. The van der Waals surface area contributed by atoms with E-state index in [1.165, 1.54) is 12.1 Å². The number of benzene rings is 1. The van der Waals surface area contributed by atoms with Crippen LogP contribution in [0, 0.1) is 15.5 Å². The van der Waals surface area contributed by atoms with E-state index in [4.69, 9.17) is 9.05 Å². The summed E-state index contributed by atoms with van der Waals surface area (Å²) in [5.74, 6) is 0. The summed E-state index contributed by atoms with van der Waals surface area (Å²) >= 11 is 0. The van der Waals surface area contributed by atoms with Crippen LogP contribution < -0.4 is 0 Å². The third-order valence-corrected chi connectivity index (χ3v) is 6.32. The minimum Gasteiger partial charge on any atom is -0.258 e. The van der Waals surface area contributed by atoms with Gasteiger partial charge in [-0.1, -0.05) is 26.7 Å². The molecule has 0 aliphatic carbocycles. The van der Waals surface area contributed by atoms with Crippen molar-refractivity contribution in [1.82, 2.24) is 0 Å². The summed E-state index contributed by atoms with van der Waals surface area (Å²) in [6.07, 6.45) is 4.52. The zero-order valence-corrected chi connectivity index (χ0v) is 14.6. The van der Waals surface area contributed by atoms with Crippen molar-refractivity contribution in [3.63, 3.8) is 0 Å². The van der Waals surface area contributed by atoms with Gasteiger partial charge >= 0.3 is 7.94 Å². The van der Waals surface area contributed by atoms with Crippen LogP contribution in [0.15, 0.2) is 24.3 Å². The first-order valence-electron chi connectivity index (χ1n) is 8.05. The molecule has 1 aliphatic heterocycles. The fourth-order valence-electron chi connectivity index (χ4n) is 2.68. The van der Waals surface area contributed by atoms with Crippen LogP contribution >= 0.6 is 7.94 Å². The van der Waals surface area contributed by atoms with E-state index in [0.29, 0.717) is 13.2 Å². The van der Waals surface area contributed by atoms with Crippen LogP contribution in [0.3, 0.4) is 0 Å². The molecule has 0 atom stereocenters. The van der Waals surface area contributed by atoms with Crippen LogP contribution in [0.4, 0.5) is 5.69 Å². The van der Waals surface area contributed by atoms with E-state index in [2.05, 4.69) is 13.8 Å². The fraction of sp³-hybridized carbons (Fsp3) is 0.625. The monoisotopic (exact) mass is 342 g/mol. The predicted octanol–water partition coefficient (Wildman–Crippen LogP) is 4.48. The van der Waals surface area contributed by atoms with Crippen molar-refractivity contribution >= 4 is 13.6 Å². The highest BCUT2D eigenvalue weighted by Crippen LogP contribution is 2.64. The first-order chi connectivity index (χ1) is 10.9. The standard InChI is InChI=1S/C16H25NO5P/c1-3-5-10-16(4-2)12-21-23(20,22-13-16)11-14-6-8-15(9-7-14)17(18)19/h6-9,20H,3-5,10-13H2,1-2H3/q+1. The Morgan fingerprint density at radius 1 is 1.26 bits per heavy atom. The molecule has 0 saturated carbocycles. The van der Waals surface area contributed by atoms with Crippen molar-refractivity contribution in [2.24, 2.45) is 5.41 Å². The van der Waals surface area contributed by atoms with Crippen molar-refractivity contribution in [2.75, 3.05) is 13.2 Å². The lowest BCUT2D eigenvalue weighted by Crippen LogP contribution is -2.36. The zero-order chi connectivity index (χ0) is 16.9. The van der Waals surface area contributed by atoms with Gasteiger partial charge in [0, 0.05) is 17.5 Å². The third kappa shape index (κ3) is 4.70. The highest BCUT2D eigenvalue weighted by atomic mass is 31.2. The van der Waals surface area contributed by atoms with Gasteiger partial charge in [-0.3, -0.25) is 10.1 Å². The average Bonchev–Trinajstić information content (AvgIpc) is 2.55. The van der Waals surface area contributed by atoms with E-state index in [9.17, 15) is 15.0 Å². The third-order valence-electron chi connectivity index (χ3n) is 4.49. The van der Waals surface area contributed by atoms with E-state index in [1.54, 1.807) is 12.1 Å². The molecule has 1 N–H and O–H groups in total. The molecule has 2 rings (SSSR count). The molecule has 1 aliphatic rings. The summed E-state index contributed by atoms with van der Waals surface area (Å²) in [5, 5.41) is 10.7. The maximum atomic E-state index is 10.7. The van der Waals surface area contributed by atoms with Crippen LogP contribution in [0.5, 0.6) is 0 Å². The molecule has 1 fully saturated rings. The van der Waals surface area contributed by atoms with Crippen LogP contribution in [0.1, 0.15) is 45.1 Å². The topological polar surface area (TPSA) is 81.8 Å². The molecule has 0 aromatic heterocycles. The highest BCUT2D eigenvalue weighted by molar-refractivity contribution is 7.59. The Hall–Kier alpha value is -1.07. The summed E-state index contributed by atoms with van der Waals surface area (Å²) in [4.78, 5) is 20.8. The number of nitro groups is 1. The normalized spacial score (nSPS) is 27.8. The smallest absolute Gasteiger partial charge is 0.258 e. The fourth-order valence-corrected chi connectivity index (χ4v) is 4.56. The predicted molar refractivity (Wildman–Crippen MR) is 90.1 cm³/mol. The Kier molecular flexibility index (Phi) is 6.09. The molecule has 1 aromatic rings. The number of unbranched alkanes of at least 4 members (excludes halogenated alkanes) is 1. The number of rotatable bonds is 7. The second kappa shape index (κ2) is 7.67. The van der Waals surface area contributed by atoms with Crippen molar-refractivity contribution in [3.8, 4) is 0 Å². The highest BCUT2D eigenvalue weighted by Gasteiger charge is 2.50. The Morgan fingerprint density at radius 2 is 1.87 bits per heavy atom. The maximum Gasteiger partial charge on any atom is 0.413 e. The maximum absolute atomic E-state index is 10.7. The van der Waals surface area contributed by atoms with Gasteiger partial charge in [0.1, 0.15) is 13.2 Å². The molecule has 0 bridgehead atoms. The lowest BCUT2D eigenvalue weighted by atomic mass is 9.82. The molecule has 1 saturated heterocycles. The van der Waals surface area contributed by atoms with E-state index in [-0.39, 0.29) is 17.3 Å². The molecule has 0 unspecified atom stereocenters. The number of nitro benzene ring substituents is 1. The zero-order valence-electron chi connectivity index (χ0n) is 13.7. The van der Waals surface area contributed by atoms with Crippen LogP contribution in [0.25, 0.3) is 0 Å². The number of hydrogen-bond donors (Lipinski definition) is 1. The largest absolute Gasteiger partial charge is 0.413 e. The van der Waals surface area contributed by atoms with Crippen molar-refractivity contribution in [2.45, 2.75) is 45.7 Å². The van der Waals surface area contributed by atoms with Gasteiger partial charge in [0.25, 0.3) is 5.69 Å². The van der Waals surface area contributed by atoms with Gasteiger partial charge in [-0.15, -0.1) is 0 Å². The van der Waals surface area contributed by atoms with Gasteiger partial charge < -0.3 is 0 Å². The SMILES string of the molecule is CCCCC1(CC)CO[P+](O)(Cc2ccc([N+](=O)[O-])cc2)OC1. The van der Waals surface area contributed by atoms with E-state index in [1.807, 2.05) is 0 Å². The molecule has 1 aromatic carbocycles. The van der Waals surface area contributed by atoms with Gasteiger partial charge in [0.15, 0.2) is 6.16 Å². The molecule has 0 amide bonds. The van der Waals surface area contributed by atoms with Gasteiger partial charge in [0.05, 0.1) is 4.92 Å². The molecule has 0 radical (unpaired) electrons. The van der Waals surface area contributed by atoms with Crippen LogP contribution in [-0.4, -0.2) is 23.0 Å². The van der Waals surface area contributed by atoms with Crippen LogP contribution in [0.2, 0.25) is 0 Å². The summed E-state index contributed by atoms with van der Waals surface area (Å²) in [6, 6.07) is 6.15. The lowest BCUT2D eigenvalue weighted by molar-refractivity contribution is -0.384. The van der Waals surface area contributed by atoms with Crippen LogP contribution in [-0.2, 0) is 15.2 Å². The molecule has 7 heteroatoms. The van der Waals surface area contributed by atoms with Gasteiger partial charge in [0.2, 0.25) is 0 Å². The van der Waals surface area contributed by atoms with Gasteiger partial charge in [-0.2, -0.15) is 13.9 Å². The molecule has 23 heavy (non-hydrogen) atoms. The minimum absolute atomic E-state index is 0.00227. The molecular formula is C16H25NO5P+. The van der Waals surface area contributed by atoms with E-state index >= 15 is 0 Å². The van der Waals surface area contributed by atoms with Crippen molar-refractivity contribution < 1.29 is 18.9 Å². The molecular weight excluding hydrogens is 317 g/mol. The summed E-state index contributed by atoms with van der Waals surface area (Å²) in [5.41, 5.74) is 0.815. The number of non-ortho nitro benzene ring substituents is 1. The van der Waals surface area contributed by atoms with E-state index in [0.717, 1.165) is 31.2 Å². The number of hydrogen-bond acceptors (Lipinski definition) is 5. The molecule has 6 nitrogen and oxygen atoms in total. The Labute approximate surface area is 137 Å². The van der Waals surface area contributed by atoms with Crippen molar-refractivity contribution in [1.29, 1.82) is 0 Å². The summed E-state index contributed by atoms with van der Waals surface area (Å²) in [7, 11) is -2.92. The second-order valence-electron chi connectivity index (χ2n) is 6.22. The second-order valence-corrected chi connectivity index (χ2v) is 8.33. The Morgan fingerprint density at radius 3 is 2.35 bits per heavy atom. The van der Waals surface area contributed by atoms with Crippen molar-refractivity contribution in [3.05, 3.63) is 39.9 Å². The van der Waals surface area contributed by atoms with Gasteiger partial charge in [-0.05, 0) is 30.5 Å². The Bertz CT molecular complexity index is 526. The van der Waals surface area contributed by atoms with E-state index < -0.39 is 12.9 Å².